The number of fused-ring (bicyclic) bond motifs is 1. The third kappa shape index (κ3) is 4.88. The molecule has 0 radical (unpaired) electrons. The molecule has 122 valence electrons. The second-order valence-corrected chi connectivity index (χ2v) is 6.39. The van der Waals surface area contributed by atoms with E-state index in [0.29, 0.717) is 12.5 Å². The molecule has 0 atom stereocenters. The van der Waals surface area contributed by atoms with Gasteiger partial charge in [-0.05, 0) is 66.5 Å². The summed E-state index contributed by atoms with van der Waals surface area (Å²) in [5, 5.41) is 3.19. The molecule has 0 amide bonds. The highest BCUT2D eigenvalue weighted by atomic mass is 127. The number of halogens is 1. The summed E-state index contributed by atoms with van der Waals surface area (Å²) in [5.74, 6) is 0.465. The molecule has 3 nitrogen and oxygen atoms in total. The first kappa shape index (κ1) is 18.1. The van der Waals surface area contributed by atoms with Crippen LogP contribution in [0.3, 0.4) is 0 Å². The first-order valence-corrected chi connectivity index (χ1v) is 8.79. The van der Waals surface area contributed by atoms with Gasteiger partial charge in [0.15, 0.2) is 5.96 Å². The van der Waals surface area contributed by atoms with Crippen molar-refractivity contribution in [2.24, 2.45) is 10.7 Å². The normalized spacial score (nSPS) is 13.3. The molecular weight excluding hydrogens is 417 g/mol. The van der Waals surface area contributed by atoms with E-state index >= 15 is 0 Å². The number of hydrogen-bond acceptors (Lipinski definition) is 2. The van der Waals surface area contributed by atoms with E-state index in [1.165, 1.54) is 35.3 Å². The third-order valence-electron chi connectivity index (χ3n) is 3.96. The quantitative estimate of drug-likeness (QED) is 0.321. The average molecular weight is 439 g/mol. The molecule has 23 heavy (non-hydrogen) atoms. The van der Waals surface area contributed by atoms with Crippen LogP contribution in [0.25, 0.3) is 0 Å². The van der Waals surface area contributed by atoms with E-state index in [1.54, 1.807) is 11.8 Å². The molecule has 5 heteroatoms. The van der Waals surface area contributed by atoms with Crippen molar-refractivity contribution >= 4 is 47.4 Å². The maximum atomic E-state index is 5.99. The maximum Gasteiger partial charge on any atom is 0.193 e. The van der Waals surface area contributed by atoms with Crippen molar-refractivity contribution in [3.8, 4) is 0 Å². The minimum absolute atomic E-state index is 0. The van der Waals surface area contributed by atoms with Gasteiger partial charge in [0.25, 0.3) is 0 Å². The van der Waals surface area contributed by atoms with Crippen LogP contribution >= 0.6 is 35.7 Å². The second kappa shape index (κ2) is 8.59. The number of hydrogen-bond donors (Lipinski definition) is 2. The highest BCUT2D eigenvalue weighted by Crippen LogP contribution is 2.24. The van der Waals surface area contributed by atoms with E-state index in [1.807, 2.05) is 0 Å². The molecular formula is C18H22IN3S. The monoisotopic (exact) mass is 439 g/mol. The molecule has 0 unspecified atom stereocenters. The second-order valence-electron chi connectivity index (χ2n) is 5.51. The SMILES string of the molecule is CSc1ccc(CN=C(N)Nc2ccc3c(c2)CCC3)cc1.I. The lowest BCUT2D eigenvalue weighted by atomic mass is 10.1. The van der Waals surface area contributed by atoms with Crippen LogP contribution in [0.2, 0.25) is 0 Å². The Morgan fingerprint density at radius 1 is 1.13 bits per heavy atom. The third-order valence-corrected chi connectivity index (χ3v) is 4.71. The van der Waals surface area contributed by atoms with Crippen LogP contribution in [0.1, 0.15) is 23.1 Å². The van der Waals surface area contributed by atoms with E-state index in [-0.39, 0.29) is 24.0 Å². The largest absolute Gasteiger partial charge is 0.370 e. The van der Waals surface area contributed by atoms with Gasteiger partial charge >= 0.3 is 0 Å². The maximum absolute atomic E-state index is 5.99. The number of nitrogens with two attached hydrogens (primary N) is 1. The summed E-state index contributed by atoms with van der Waals surface area (Å²) in [4.78, 5) is 5.68. The highest BCUT2D eigenvalue weighted by molar-refractivity contribution is 14.0. The molecule has 3 N–H and O–H groups in total. The summed E-state index contributed by atoms with van der Waals surface area (Å²) >= 11 is 1.74. The number of aliphatic imine (C=N–C) groups is 1. The van der Waals surface area contributed by atoms with Crippen molar-refractivity contribution in [2.75, 3.05) is 11.6 Å². The standard InChI is InChI=1S/C18H21N3S.HI/c1-22-17-9-5-13(6-10-17)12-20-18(19)21-16-8-7-14-3-2-4-15(14)11-16;/h5-11H,2-4,12H2,1H3,(H3,19,20,21);1H. The number of guanidine groups is 1. The first-order valence-electron chi connectivity index (χ1n) is 7.56. The molecule has 0 saturated heterocycles. The minimum Gasteiger partial charge on any atom is -0.370 e. The van der Waals surface area contributed by atoms with Gasteiger partial charge in [-0.25, -0.2) is 4.99 Å². The highest BCUT2D eigenvalue weighted by Gasteiger charge is 2.10. The molecule has 0 heterocycles. The number of aryl methyl sites for hydroxylation is 2. The van der Waals surface area contributed by atoms with Crippen LogP contribution in [0.15, 0.2) is 52.4 Å². The van der Waals surface area contributed by atoms with Gasteiger partial charge in [-0.15, -0.1) is 35.7 Å². The zero-order valence-corrected chi connectivity index (χ0v) is 16.4. The fourth-order valence-corrected chi connectivity index (χ4v) is 3.15. The van der Waals surface area contributed by atoms with Crippen LogP contribution in [-0.2, 0) is 19.4 Å². The minimum atomic E-state index is 0. The van der Waals surface area contributed by atoms with Crippen LogP contribution in [0, 0.1) is 0 Å². The van der Waals surface area contributed by atoms with Gasteiger partial charge in [-0.2, -0.15) is 0 Å². The van der Waals surface area contributed by atoms with Crippen LogP contribution in [-0.4, -0.2) is 12.2 Å². The number of anilines is 1. The Balaban J connectivity index is 0.00000192. The van der Waals surface area contributed by atoms with Crippen molar-refractivity contribution in [3.63, 3.8) is 0 Å². The molecule has 2 aromatic carbocycles. The van der Waals surface area contributed by atoms with E-state index in [4.69, 9.17) is 5.73 Å². The van der Waals surface area contributed by atoms with E-state index < -0.39 is 0 Å². The summed E-state index contributed by atoms with van der Waals surface area (Å²) in [6.45, 7) is 0.596. The molecule has 0 aromatic heterocycles. The smallest absolute Gasteiger partial charge is 0.193 e. The lowest BCUT2D eigenvalue weighted by Crippen LogP contribution is -2.22. The molecule has 1 aliphatic rings. The van der Waals surface area contributed by atoms with Crippen molar-refractivity contribution in [2.45, 2.75) is 30.7 Å². The molecule has 3 rings (SSSR count). The zero-order chi connectivity index (χ0) is 15.4. The first-order chi connectivity index (χ1) is 10.7. The van der Waals surface area contributed by atoms with Crippen molar-refractivity contribution in [1.82, 2.24) is 0 Å². The Morgan fingerprint density at radius 3 is 2.61 bits per heavy atom. The average Bonchev–Trinajstić information content (AvgIpc) is 3.01. The molecule has 0 spiro atoms. The molecule has 0 fully saturated rings. The van der Waals surface area contributed by atoms with Gasteiger partial charge < -0.3 is 11.1 Å². The lowest BCUT2D eigenvalue weighted by molar-refractivity contribution is 0.912. The summed E-state index contributed by atoms with van der Waals surface area (Å²) in [6, 6.07) is 14.9. The number of nitrogens with one attached hydrogen (secondary N) is 1. The summed E-state index contributed by atoms with van der Waals surface area (Å²) in [7, 11) is 0. The van der Waals surface area contributed by atoms with Crippen molar-refractivity contribution in [1.29, 1.82) is 0 Å². The summed E-state index contributed by atoms with van der Waals surface area (Å²) < 4.78 is 0. The fourth-order valence-electron chi connectivity index (χ4n) is 2.74. The van der Waals surface area contributed by atoms with Gasteiger partial charge in [0.2, 0.25) is 0 Å². The van der Waals surface area contributed by atoms with Crippen LogP contribution in [0.4, 0.5) is 5.69 Å². The zero-order valence-electron chi connectivity index (χ0n) is 13.2. The molecule has 2 aromatic rings. The van der Waals surface area contributed by atoms with E-state index in [0.717, 1.165) is 11.3 Å². The van der Waals surface area contributed by atoms with Gasteiger partial charge in [0, 0.05) is 10.6 Å². The summed E-state index contributed by atoms with van der Waals surface area (Å²) in [6.07, 6.45) is 5.70. The number of benzene rings is 2. The summed E-state index contributed by atoms with van der Waals surface area (Å²) in [5.41, 5.74) is 11.1. The predicted molar refractivity (Wildman–Crippen MR) is 111 cm³/mol. The Morgan fingerprint density at radius 2 is 1.87 bits per heavy atom. The number of thioether (sulfide) groups is 1. The molecule has 1 aliphatic carbocycles. The van der Waals surface area contributed by atoms with Gasteiger partial charge in [-0.1, -0.05) is 18.2 Å². The van der Waals surface area contributed by atoms with Gasteiger partial charge in [0.05, 0.1) is 6.54 Å². The van der Waals surface area contributed by atoms with Crippen LogP contribution in [0.5, 0.6) is 0 Å². The number of nitrogens with zero attached hydrogens (tertiary/aromatic N) is 1. The molecule has 0 aliphatic heterocycles. The van der Waals surface area contributed by atoms with E-state index in [9.17, 15) is 0 Å². The Bertz CT molecular complexity index is 683. The Labute approximate surface area is 159 Å². The van der Waals surface area contributed by atoms with Crippen molar-refractivity contribution in [3.05, 3.63) is 59.2 Å². The topological polar surface area (TPSA) is 50.4 Å². The van der Waals surface area contributed by atoms with Crippen LogP contribution < -0.4 is 11.1 Å². The van der Waals surface area contributed by atoms with Gasteiger partial charge in [-0.3, -0.25) is 0 Å². The lowest BCUT2D eigenvalue weighted by Gasteiger charge is -2.08. The Hall–Kier alpha value is -1.21. The number of rotatable bonds is 4. The fraction of sp³-hybridized carbons (Fsp3) is 0.278. The molecule has 0 bridgehead atoms. The Kier molecular flexibility index (Phi) is 6.77. The van der Waals surface area contributed by atoms with Crippen molar-refractivity contribution < 1.29 is 0 Å². The molecule has 0 saturated carbocycles. The van der Waals surface area contributed by atoms with Gasteiger partial charge in [0.1, 0.15) is 0 Å². The van der Waals surface area contributed by atoms with E-state index in [2.05, 4.69) is 59.0 Å². The predicted octanol–water partition coefficient (Wildman–Crippen LogP) is 4.44.